The summed E-state index contributed by atoms with van der Waals surface area (Å²) in [5.74, 6) is -0.146. The van der Waals surface area contributed by atoms with E-state index in [-0.39, 0.29) is 17.5 Å². The maximum Gasteiger partial charge on any atom is 0.255 e. The second-order valence-corrected chi connectivity index (χ2v) is 4.70. The van der Waals surface area contributed by atoms with Crippen LogP contribution in [0.15, 0.2) is 18.2 Å². The molecule has 1 aromatic rings. The zero-order valence-corrected chi connectivity index (χ0v) is 9.00. The average Bonchev–Trinajstić information content (AvgIpc) is 2.86. The molecule has 0 saturated heterocycles. The number of fused-ring (bicyclic) bond motifs is 1. The number of hydrogen-bond acceptors (Lipinski definition) is 1. The number of rotatable bonds is 1. The minimum atomic E-state index is -0.393. The van der Waals surface area contributed by atoms with Crippen LogP contribution >= 0.6 is 0 Å². The summed E-state index contributed by atoms with van der Waals surface area (Å²) in [6, 6.07) is 4.96. The maximum atomic E-state index is 13.5. The van der Waals surface area contributed by atoms with Crippen molar-refractivity contribution in [3.63, 3.8) is 0 Å². The first-order chi connectivity index (χ1) is 7.77. The second-order valence-electron chi connectivity index (χ2n) is 4.70. The summed E-state index contributed by atoms with van der Waals surface area (Å²) in [4.78, 5) is 11.7. The third-order valence-corrected chi connectivity index (χ3v) is 3.77. The van der Waals surface area contributed by atoms with Gasteiger partial charge in [-0.3, -0.25) is 4.79 Å². The number of hydrogen-bond donors (Lipinski definition) is 1. The van der Waals surface area contributed by atoms with Gasteiger partial charge in [-0.1, -0.05) is 25.0 Å². The van der Waals surface area contributed by atoms with Gasteiger partial charge < -0.3 is 5.32 Å². The van der Waals surface area contributed by atoms with E-state index in [9.17, 15) is 9.18 Å². The summed E-state index contributed by atoms with van der Waals surface area (Å²) in [6.45, 7) is 0. The standard InChI is InChI=1S/C13H14FNO/c14-10-7-3-6-9-11(10)13(16)15-12(9)8-4-1-2-5-8/h3,6-8,12H,1-2,4-5H2,(H,15,16). The Balaban J connectivity index is 2.01. The maximum absolute atomic E-state index is 13.5. The lowest BCUT2D eigenvalue weighted by molar-refractivity contribution is 0.0943. The third kappa shape index (κ3) is 1.34. The van der Waals surface area contributed by atoms with E-state index in [2.05, 4.69) is 5.32 Å². The Hall–Kier alpha value is -1.38. The zero-order valence-electron chi connectivity index (χ0n) is 9.00. The van der Waals surface area contributed by atoms with Crippen molar-refractivity contribution >= 4 is 5.91 Å². The second kappa shape index (κ2) is 3.58. The van der Waals surface area contributed by atoms with Crippen LogP contribution in [-0.2, 0) is 0 Å². The SMILES string of the molecule is O=C1NC(C2CCCC2)c2cccc(F)c21. The number of benzene rings is 1. The molecule has 0 spiro atoms. The van der Waals surface area contributed by atoms with Crippen LogP contribution in [0.5, 0.6) is 0 Å². The van der Waals surface area contributed by atoms with Gasteiger partial charge in [0, 0.05) is 0 Å². The molecule has 1 N–H and O–H groups in total. The van der Waals surface area contributed by atoms with Gasteiger partial charge in [0.15, 0.2) is 0 Å². The zero-order chi connectivity index (χ0) is 11.1. The number of nitrogens with one attached hydrogen (secondary N) is 1. The van der Waals surface area contributed by atoms with Crippen LogP contribution in [0, 0.1) is 11.7 Å². The Morgan fingerprint density at radius 1 is 1.25 bits per heavy atom. The van der Waals surface area contributed by atoms with Gasteiger partial charge in [0.05, 0.1) is 11.6 Å². The predicted octanol–water partition coefficient (Wildman–Crippen LogP) is 2.80. The monoisotopic (exact) mass is 219 g/mol. The highest BCUT2D eigenvalue weighted by Gasteiger charge is 2.36. The first kappa shape index (κ1) is 9.82. The van der Waals surface area contributed by atoms with E-state index in [1.54, 1.807) is 6.07 Å². The highest BCUT2D eigenvalue weighted by molar-refractivity contribution is 5.99. The van der Waals surface area contributed by atoms with Gasteiger partial charge in [0.2, 0.25) is 0 Å². The molecule has 0 aromatic heterocycles. The van der Waals surface area contributed by atoms with E-state index >= 15 is 0 Å². The van der Waals surface area contributed by atoms with Gasteiger partial charge in [-0.05, 0) is 30.4 Å². The molecule has 1 heterocycles. The summed E-state index contributed by atoms with van der Waals surface area (Å²) in [6.07, 6.45) is 4.73. The molecule has 16 heavy (non-hydrogen) atoms. The first-order valence-electron chi connectivity index (χ1n) is 5.86. The van der Waals surface area contributed by atoms with Crippen LogP contribution in [0.3, 0.4) is 0 Å². The predicted molar refractivity (Wildman–Crippen MR) is 58.6 cm³/mol. The average molecular weight is 219 g/mol. The van der Waals surface area contributed by atoms with Gasteiger partial charge in [0.1, 0.15) is 5.82 Å². The topological polar surface area (TPSA) is 29.1 Å². The highest BCUT2D eigenvalue weighted by Crippen LogP contribution is 2.40. The lowest BCUT2D eigenvalue weighted by Crippen LogP contribution is -2.24. The largest absolute Gasteiger partial charge is 0.345 e. The van der Waals surface area contributed by atoms with Crippen molar-refractivity contribution in [2.45, 2.75) is 31.7 Å². The minimum absolute atomic E-state index is 0.0423. The van der Waals surface area contributed by atoms with Gasteiger partial charge in [0.25, 0.3) is 5.91 Å². The third-order valence-electron chi connectivity index (χ3n) is 3.77. The van der Waals surface area contributed by atoms with Crippen molar-refractivity contribution in [2.75, 3.05) is 0 Å². The molecular weight excluding hydrogens is 205 g/mol. The highest BCUT2D eigenvalue weighted by atomic mass is 19.1. The normalized spacial score (nSPS) is 24.6. The molecule has 1 fully saturated rings. The molecule has 0 radical (unpaired) electrons. The Morgan fingerprint density at radius 3 is 2.75 bits per heavy atom. The fraction of sp³-hybridized carbons (Fsp3) is 0.462. The van der Waals surface area contributed by atoms with Crippen LogP contribution in [0.1, 0.15) is 47.6 Å². The van der Waals surface area contributed by atoms with Gasteiger partial charge in [-0.25, -0.2) is 4.39 Å². The minimum Gasteiger partial charge on any atom is -0.345 e. The number of carbonyl (C=O) groups excluding carboxylic acids is 1. The molecule has 1 aromatic carbocycles. The molecule has 2 aliphatic rings. The summed E-state index contributed by atoms with van der Waals surface area (Å²) >= 11 is 0. The molecule has 1 aliphatic carbocycles. The smallest absolute Gasteiger partial charge is 0.255 e. The molecule has 84 valence electrons. The molecule has 1 amide bonds. The molecular formula is C13H14FNO. The van der Waals surface area contributed by atoms with Crippen molar-refractivity contribution in [1.82, 2.24) is 5.32 Å². The molecule has 2 nitrogen and oxygen atoms in total. The lowest BCUT2D eigenvalue weighted by Gasteiger charge is -2.18. The molecule has 1 saturated carbocycles. The number of carbonyl (C=O) groups is 1. The molecule has 1 unspecified atom stereocenters. The van der Waals surface area contributed by atoms with E-state index in [0.29, 0.717) is 5.92 Å². The number of halogens is 1. The molecule has 3 heteroatoms. The first-order valence-corrected chi connectivity index (χ1v) is 5.86. The molecule has 0 bridgehead atoms. The van der Waals surface area contributed by atoms with Gasteiger partial charge in [-0.2, -0.15) is 0 Å². The van der Waals surface area contributed by atoms with Crippen molar-refractivity contribution in [3.05, 3.63) is 35.1 Å². The van der Waals surface area contributed by atoms with E-state index in [0.717, 1.165) is 18.4 Å². The Kier molecular flexibility index (Phi) is 2.20. The van der Waals surface area contributed by atoms with Crippen molar-refractivity contribution in [2.24, 2.45) is 5.92 Å². The Bertz CT molecular complexity index is 438. The van der Waals surface area contributed by atoms with E-state index in [1.807, 2.05) is 6.07 Å². The van der Waals surface area contributed by atoms with Crippen LogP contribution in [0.25, 0.3) is 0 Å². The van der Waals surface area contributed by atoms with E-state index in [1.165, 1.54) is 18.9 Å². The van der Waals surface area contributed by atoms with Crippen molar-refractivity contribution in [1.29, 1.82) is 0 Å². The van der Waals surface area contributed by atoms with Crippen LogP contribution in [0.2, 0.25) is 0 Å². The Labute approximate surface area is 93.9 Å². The van der Waals surface area contributed by atoms with Crippen molar-refractivity contribution < 1.29 is 9.18 Å². The van der Waals surface area contributed by atoms with E-state index in [4.69, 9.17) is 0 Å². The fourth-order valence-corrected chi connectivity index (χ4v) is 2.99. The quantitative estimate of drug-likeness (QED) is 0.773. The summed E-state index contributed by atoms with van der Waals surface area (Å²) < 4.78 is 13.5. The van der Waals surface area contributed by atoms with Crippen LogP contribution in [-0.4, -0.2) is 5.91 Å². The molecule has 1 aliphatic heterocycles. The summed E-state index contributed by atoms with van der Waals surface area (Å²) in [5, 5.41) is 2.92. The van der Waals surface area contributed by atoms with Crippen LogP contribution < -0.4 is 5.32 Å². The molecule has 3 rings (SSSR count). The van der Waals surface area contributed by atoms with Gasteiger partial charge in [-0.15, -0.1) is 0 Å². The summed E-state index contributed by atoms with van der Waals surface area (Å²) in [7, 11) is 0. The lowest BCUT2D eigenvalue weighted by atomic mass is 9.92. The number of amides is 1. The fourth-order valence-electron chi connectivity index (χ4n) is 2.99. The van der Waals surface area contributed by atoms with Crippen LogP contribution in [0.4, 0.5) is 4.39 Å². The Morgan fingerprint density at radius 2 is 2.00 bits per heavy atom. The summed E-state index contributed by atoms with van der Waals surface area (Å²) in [5.41, 5.74) is 1.12. The van der Waals surface area contributed by atoms with E-state index < -0.39 is 5.82 Å². The van der Waals surface area contributed by atoms with Crippen molar-refractivity contribution in [3.8, 4) is 0 Å². The molecule has 1 atom stereocenters. The van der Waals surface area contributed by atoms with Gasteiger partial charge >= 0.3 is 0 Å².